The van der Waals surface area contributed by atoms with E-state index < -0.39 is 5.97 Å². The Hall–Kier alpha value is -3.15. The van der Waals surface area contributed by atoms with Crippen LogP contribution in [0, 0.1) is 0 Å². The number of nitrogens with one attached hydrogen (secondary N) is 2. The van der Waals surface area contributed by atoms with Crippen LogP contribution in [0.4, 0.5) is 0 Å². The number of ether oxygens (including phenoxy) is 1. The summed E-state index contributed by atoms with van der Waals surface area (Å²) in [7, 11) is 1.33. The number of aromatic amines is 1. The Kier molecular flexibility index (Phi) is 3.30. The molecule has 24 heavy (non-hydrogen) atoms. The number of H-pyrrole nitrogens is 1. The second-order valence-electron chi connectivity index (χ2n) is 5.65. The summed E-state index contributed by atoms with van der Waals surface area (Å²) in [5.74, 6) is -0.543. The highest BCUT2D eigenvalue weighted by molar-refractivity contribution is 6.00. The fourth-order valence-corrected chi connectivity index (χ4v) is 3.02. The fourth-order valence-electron chi connectivity index (χ4n) is 3.02. The minimum absolute atomic E-state index is 0.0674. The molecule has 0 bridgehead atoms. The van der Waals surface area contributed by atoms with Crippen molar-refractivity contribution in [3.05, 3.63) is 53.3 Å². The number of amides is 1. The van der Waals surface area contributed by atoms with Gasteiger partial charge in [0.1, 0.15) is 5.69 Å². The van der Waals surface area contributed by atoms with Crippen LogP contribution in [0.25, 0.3) is 22.2 Å². The van der Waals surface area contributed by atoms with Crippen LogP contribution in [-0.2, 0) is 11.2 Å². The number of carbonyl (C=O) groups is 2. The lowest BCUT2D eigenvalue weighted by molar-refractivity contribution is 0.0594. The zero-order valence-corrected chi connectivity index (χ0v) is 13.1. The third kappa shape index (κ3) is 2.23. The van der Waals surface area contributed by atoms with Gasteiger partial charge >= 0.3 is 5.97 Å². The van der Waals surface area contributed by atoms with Crippen LogP contribution in [0.3, 0.4) is 0 Å². The number of pyridine rings is 1. The average molecular weight is 321 g/mol. The Morgan fingerprint density at radius 2 is 2.08 bits per heavy atom. The highest BCUT2D eigenvalue weighted by Crippen LogP contribution is 2.29. The summed E-state index contributed by atoms with van der Waals surface area (Å²) in [4.78, 5) is 31.5. The van der Waals surface area contributed by atoms with E-state index in [1.807, 2.05) is 30.3 Å². The van der Waals surface area contributed by atoms with Gasteiger partial charge in [0.2, 0.25) is 0 Å². The smallest absolute Gasteiger partial charge is 0.356 e. The highest BCUT2D eigenvalue weighted by atomic mass is 16.5. The summed E-state index contributed by atoms with van der Waals surface area (Å²) >= 11 is 0. The Labute approximate surface area is 137 Å². The summed E-state index contributed by atoms with van der Waals surface area (Å²) in [6.45, 7) is 0.631. The maximum absolute atomic E-state index is 12.0. The van der Waals surface area contributed by atoms with Gasteiger partial charge in [-0.3, -0.25) is 4.79 Å². The number of aromatic nitrogens is 2. The number of methoxy groups -OCH3 is 1. The standard InChI is InChI=1S/C18H15N3O3/c1-24-18(23)14-6-5-10-3-2-4-11(16(10)21-14)15-9-12-13(20-15)7-8-19-17(12)22/h2-6,9,20H,7-8H2,1H3,(H,19,22). The predicted molar refractivity (Wildman–Crippen MR) is 88.9 cm³/mol. The number of rotatable bonds is 2. The monoisotopic (exact) mass is 321 g/mol. The molecule has 0 atom stereocenters. The minimum Gasteiger partial charge on any atom is -0.464 e. The van der Waals surface area contributed by atoms with E-state index in [2.05, 4.69) is 15.3 Å². The average Bonchev–Trinajstić information content (AvgIpc) is 3.05. The summed E-state index contributed by atoms with van der Waals surface area (Å²) < 4.78 is 4.75. The molecule has 6 heteroatoms. The van der Waals surface area contributed by atoms with Crippen molar-refractivity contribution >= 4 is 22.8 Å². The van der Waals surface area contributed by atoms with Gasteiger partial charge in [-0.05, 0) is 12.1 Å². The van der Waals surface area contributed by atoms with E-state index in [4.69, 9.17) is 4.74 Å². The van der Waals surface area contributed by atoms with Gasteiger partial charge in [-0.25, -0.2) is 9.78 Å². The van der Waals surface area contributed by atoms with Crippen molar-refractivity contribution in [2.75, 3.05) is 13.7 Å². The van der Waals surface area contributed by atoms with Crippen molar-refractivity contribution in [1.29, 1.82) is 0 Å². The van der Waals surface area contributed by atoms with Gasteiger partial charge in [0.15, 0.2) is 0 Å². The Balaban J connectivity index is 1.90. The van der Waals surface area contributed by atoms with Crippen LogP contribution in [0.2, 0.25) is 0 Å². The topological polar surface area (TPSA) is 84.1 Å². The molecular formula is C18H15N3O3. The quantitative estimate of drug-likeness (QED) is 0.709. The number of hydrogen-bond acceptors (Lipinski definition) is 4. The van der Waals surface area contributed by atoms with Crippen molar-refractivity contribution in [2.24, 2.45) is 0 Å². The molecule has 0 fully saturated rings. The van der Waals surface area contributed by atoms with E-state index in [9.17, 15) is 9.59 Å². The predicted octanol–water partition coefficient (Wildman–Crippen LogP) is 2.30. The molecule has 0 saturated heterocycles. The first-order chi connectivity index (χ1) is 11.7. The van der Waals surface area contributed by atoms with Gasteiger partial charge in [0, 0.05) is 35.3 Å². The molecule has 0 saturated carbocycles. The molecule has 1 aliphatic heterocycles. The molecule has 0 aliphatic carbocycles. The number of carbonyl (C=O) groups excluding carboxylic acids is 2. The van der Waals surface area contributed by atoms with Crippen molar-refractivity contribution in [1.82, 2.24) is 15.3 Å². The van der Waals surface area contributed by atoms with Crippen LogP contribution in [0.15, 0.2) is 36.4 Å². The first-order valence-corrected chi connectivity index (χ1v) is 7.66. The zero-order chi connectivity index (χ0) is 16.7. The number of esters is 1. The second-order valence-corrected chi connectivity index (χ2v) is 5.65. The molecule has 0 unspecified atom stereocenters. The fraction of sp³-hybridized carbons (Fsp3) is 0.167. The second kappa shape index (κ2) is 5.49. The van der Waals surface area contributed by atoms with Gasteiger partial charge in [-0.1, -0.05) is 24.3 Å². The molecule has 0 radical (unpaired) electrons. The molecule has 3 heterocycles. The molecule has 4 rings (SSSR count). The summed E-state index contributed by atoms with van der Waals surface area (Å²) in [5.41, 5.74) is 4.20. The van der Waals surface area contributed by atoms with Gasteiger partial charge in [-0.2, -0.15) is 0 Å². The summed E-state index contributed by atoms with van der Waals surface area (Å²) in [6.07, 6.45) is 0.771. The van der Waals surface area contributed by atoms with E-state index in [0.717, 1.165) is 28.8 Å². The number of para-hydroxylation sites is 1. The van der Waals surface area contributed by atoms with E-state index in [1.54, 1.807) is 6.07 Å². The Morgan fingerprint density at radius 3 is 2.88 bits per heavy atom. The van der Waals surface area contributed by atoms with Gasteiger partial charge in [0.05, 0.1) is 18.2 Å². The van der Waals surface area contributed by atoms with Crippen LogP contribution in [0.1, 0.15) is 26.5 Å². The van der Waals surface area contributed by atoms with Crippen LogP contribution >= 0.6 is 0 Å². The molecule has 1 aromatic carbocycles. The number of nitrogens with zero attached hydrogens (tertiary/aromatic N) is 1. The molecule has 120 valence electrons. The first kappa shape index (κ1) is 14.4. The van der Waals surface area contributed by atoms with Crippen molar-refractivity contribution in [3.63, 3.8) is 0 Å². The summed E-state index contributed by atoms with van der Waals surface area (Å²) in [6, 6.07) is 11.1. The van der Waals surface area contributed by atoms with Crippen LogP contribution in [-0.4, -0.2) is 35.5 Å². The van der Waals surface area contributed by atoms with Crippen molar-refractivity contribution < 1.29 is 14.3 Å². The number of benzene rings is 1. The van der Waals surface area contributed by atoms with E-state index in [0.29, 0.717) is 17.6 Å². The van der Waals surface area contributed by atoms with E-state index in [1.165, 1.54) is 7.11 Å². The lowest BCUT2D eigenvalue weighted by atomic mass is 10.1. The lowest BCUT2D eigenvalue weighted by Crippen LogP contribution is -2.31. The third-order valence-corrected chi connectivity index (χ3v) is 4.21. The van der Waals surface area contributed by atoms with Gasteiger partial charge in [-0.15, -0.1) is 0 Å². The third-order valence-electron chi connectivity index (χ3n) is 4.21. The molecule has 0 spiro atoms. The lowest BCUT2D eigenvalue weighted by Gasteiger charge is -2.11. The van der Waals surface area contributed by atoms with Crippen LogP contribution < -0.4 is 5.32 Å². The SMILES string of the molecule is COC(=O)c1ccc2cccc(-c3cc4c([nH]3)CCNC4=O)c2n1. The first-order valence-electron chi connectivity index (χ1n) is 7.66. The Morgan fingerprint density at radius 1 is 1.21 bits per heavy atom. The zero-order valence-electron chi connectivity index (χ0n) is 13.1. The molecule has 1 amide bonds. The molecule has 6 nitrogen and oxygen atoms in total. The maximum atomic E-state index is 12.0. The molecule has 3 aromatic rings. The largest absolute Gasteiger partial charge is 0.464 e. The maximum Gasteiger partial charge on any atom is 0.356 e. The van der Waals surface area contributed by atoms with E-state index in [-0.39, 0.29) is 11.6 Å². The number of hydrogen-bond donors (Lipinski definition) is 2. The van der Waals surface area contributed by atoms with Gasteiger partial charge in [0.25, 0.3) is 5.91 Å². The molecule has 2 aromatic heterocycles. The normalized spacial score (nSPS) is 13.5. The van der Waals surface area contributed by atoms with E-state index >= 15 is 0 Å². The molecular weight excluding hydrogens is 306 g/mol. The number of fused-ring (bicyclic) bond motifs is 2. The molecule has 2 N–H and O–H groups in total. The van der Waals surface area contributed by atoms with Gasteiger partial charge < -0.3 is 15.0 Å². The van der Waals surface area contributed by atoms with Crippen LogP contribution in [0.5, 0.6) is 0 Å². The Bertz CT molecular complexity index is 975. The molecule has 1 aliphatic rings. The van der Waals surface area contributed by atoms with Crippen molar-refractivity contribution in [2.45, 2.75) is 6.42 Å². The minimum atomic E-state index is -0.475. The summed E-state index contributed by atoms with van der Waals surface area (Å²) in [5, 5.41) is 3.75. The van der Waals surface area contributed by atoms with Crippen molar-refractivity contribution in [3.8, 4) is 11.3 Å². The highest BCUT2D eigenvalue weighted by Gasteiger charge is 2.21.